The van der Waals surface area contributed by atoms with Crippen LogP contribution in [0.15, 0.2) is 109 Å². The number of benzene rings is 1. The molecule has 0 unspecified atom stereocenters. The molecule has 0 spiro atoms. The van der Waals surface area contributed by atoms with Crippen LogP contribution in [0.2, 0.25) is 0 Å². The molecule has 0 aromatic heterocycles. The maximum Gasteiger partial charge on any atom is 0.331 e. The van der Waals surface area contributed by atoms with E-state index in [0.29, 0.717) is 13.0 Å². The van der Waals surface area contributed by atoms with Crippen molar-refractivity contribution >= 4 is 11.9 Å². The first-order valence-corrected chi connectivity index (χ1v) is 22.3. The van der Waals surface area contributed by atoms with Crippen molar-refractivity contribution in [3.63, 3.8) is 0 Å². The molecule has 0 aliphatic carbocycles. The maximum atomic E-state index is 12.6. The smallest absolute Gasteiger partial charge is 0.331 e. The molecule has 0 amide bonds. The first kappa shape index (κ1) is 51.1. The van der Waals surface area contributed by atoms with E-state index in [1.165, 1.54) is 109 Å². The Kier molecular flexibility index (Phi) is 36.1. The Morgan fingerprint density at radius 1 is 0.544 bits per heavy atom. The lowest BCUT2D eigenvalue weighted by Crippen LogP contribution is -2.29. The van der Waals surface area contributed by atoms with Gasteiger partial charge in [0.05, 0.1) is 20.3 Å². The van der Waals surface area contributed by atoms with Crippen molar-refractivity contribution in [1.82, 2.24) is 0 Å². The van der Waals surface area contributed by atoms with Crippen LogP contribution in [0.25, 0.3) is 0 Å². The van der Waals surface area contributed by atoms with Crippen LogP contribution < -0.4 is 4.74 Å². The standard InChI is InChI=1S/C51H78O6/c1-4-6-8-10-12-14-16-18-20-21-22-23-25-27-29-31-33-35-37-39-51(53)57-49(45-55-44-47-40-42-48(54-3)43-41-47)46-56-50(52)38-36-34-32-30-28-26-24-19-17-15-13-11-9-7-5-2/h19-25,27,29,31,33,35,37,39-43,49H,4-18,26,28,30,32,34,36,38,44-46H2,1-3H3/b21-20?,23-22?,24-19-,27-25?,31-29?,35-33?,39-37?/t49-/m0/s1. The highest BCUT2D eigenvalue weighted by Crippen LogP contribution is 2.14. The molecule has 0 heterocycles. The minimum absolute atomic E-state index is 0.0551. The molecule has 0 fully saturated rings. The Balaban J connectivity index is 2.37. The van der Waals surface area contributed by atoms with E-state index < -0.39 is 12.1 Å². The number of rotatable bonds is 37. The molecule has 0 saturated carbocycles. The van der Waals surface area contributed by atoms with E-state index in [2.05, 4.69) is 38.2 Å². The molecule has 0 saturated heterocycles. The third-order valence-electron chi connectivity index (χ3n) is 9.43. The first-order chi connectivity index (χ1) is 28.1. The monoisotopic (exact) mass is 787 g/mol. The Bertz CT molecular complexity index is 1300. The summed E-state index contributed by atoms with van der Waals surface area (Å²) >= 11 is 0. The topological polar surface area (TPSA) is 71.1 Å². The highest BCUT2D eigenvalue weighted by atomic mass is 16.6. The summed E-state index contributed by atoms with van der Waals surface area (Å²) in [5.41, 5.74) is 0.955. The van der Waals surface area contributed by atoms with Crippen LogP contribution in [0.3, 0.4) is 0 Å². The predicted octanol–water partition coefficient (Wildman–Crippen LogP) is 14.2. The number of carbonyl (C=O) groups is 2. The number of hydrogen-bond acceptors (Lipinski definition) is 6. The molecule has 57 heavy (non-hydrogen) atoms. The predicted molar refractivity (Wildman–Crippen MR) is 240 cm³/mol. The molecule has 1 aromatic carbocycles. The van der Waals surface area contributed by atoms with E-state index in [4.69, 9.17) is 18.9 Å². The van der Waals surface area contributed by atoms with Crippen LogP contribution >= 0.6 is 0 Å². The van der Waals surface area contributed by atoms with E-state index >= 15 is 0 Å². The summed E-state index contributed by atoms with van der Waals surface area (Å²) in [7, 11) is 1.62. The summed E-state index contributed by atoms with van der Waals surface area (Å²) < 4.78 is 22.2. The van der Waals surface area contributed by atoms with Gasteiger partial charge in [0.2, 0.25) is 0 Å². The van der Waals surface area contributed by atoms with Crippen LogP contribution in [0, 0.1) is 0 Å². The van der Waals surface area contributed by atoms with Gasteiger partial charge in [-0.15, -0.1) is 0 Å². The normalized spacial score (nSPS) is 12.8. The van der Waals surface area contributed by atoms with Crippen molar-refractivity contribution in [2.24, 2.45) is 0 Å². The van der Waals surface area contributed by atoms with Crippen LogP contribution in [0.5, 0.6) is 5.75 Å². The van der Waals surface area contributed by atoms with Gasteiger partial charge in [0.15, 0.2) is 6.10 Å². The molecule has 6 heteroatoms. The van der Waals surface area contributed by atoms with Crippen molar-refractivity contribution in [2.45, 2.75) is 168 Å². The molecule has 1 aromatic rings. The fourth-order valence-corrected chi connectivity index (χ4v) is 5.99. The quantitative estimate of drug-likeness (QED) is 0.0220. The van der Waals surface area contributed by atoms with E-state index in [9.17, 15) is 9.59 Å². The Hall–Kier alpha value is -3.90. The zero-order valence-corrected chi connectivity index (χ0v) is 36.1. The SMILES string of the molecule is CCCCCCCC/C=C\CCCCCCCC(=O)OC[C@H](COCc1ccc(OC)cc1)OC(=O)C=CC=CC=CC=CC=CC=CCCCCCCCCC. The second-order valence-corrected chi connectivity index (χ2v) is 14.7. The number of hydrogen-bond donors (Lipinski definition) is 0. The summed E-state index contributed by atoms with van der Waals surface area (Å²) in [5.74, 6) is -0.0462. The fourth-order valence-electron chi connectivity index (χ4n) is 5.99. The Labute approximate surface area is 348 Å². The molecule has 0 bridgehead atoms. The third-order valence-corrected chi connectivity index (χ3v) is 9.43. The molecule has 6 nitrogen and oxygen atoms in total. The van der Waals surface area contributed by atoms with Crippen LogP contribution in [0.1, 0.15) is 161 Å². The summed E-state index contributed by atoms with van der Waals surface area (Å²) in [6.07, 6.45) is 53.2. The van der Waals surface area contributed by atoms with Gasteiger partial charge in [-0.25, -0.2) is 4.79 Å². The summed E-state index contributed by atoms with van der Waals surface area (Å²) in [6, 6.07) is 7.57. The third kappa shape index (κ3) is 35.0. The van der Waals surface area contributed by atoms with Crippen molar-refractivity contribution in [2.75, 3.05) is 20.3 Å². The fraction of sp³-hybridized carbons (Fsp3) is 0.569. The highest BCUT2D eigenvalue weighted by Gasteiger charge is 2.16. The molecule has 0 aliphatic heterocycles. The number of unbranched alkanes of at least 4 members (excludes halogenated alkanes) is 18. The Morgan fingerprint density at radius 3 is 1.56 bits per heavy atom. The van der Waals surface area contributed by atoms with E-state index in [-0.39, 0.29) is 19.2 Å². The zero-order valence-electron chi connectivity index (χ0n) is 36.1. The second kappa shape index (κ2) is 40.3. The van der Waals surface area contributed by atoms with Gasteiger partial charge in [0.1, 0.15) is 12.4 Å². The zero-order chi connectivity index (χ0) is 41.1. The van der Waals surface area contributed by atoms with Gasteiger partial charge in [0, 0.05) is 12.5 Å². The average Bonchev–Trinajstić information content (AvgIpc) is 3.22. The summed E-state index contributed by atoms with van der Waals surface area (Å²) in [4.78, 5) is 25.1. The maximum absolute atomic E-state index is 12.6. The van der Waals surface area contributed by atoms with Gasteiger partial charge in [0.25, 0.3) is 0 Å². The van der Waals surface area contributed by atoms with Crippen LogP contribution in [-0.4, -0.2) is 38.4 Å². The molecule has 0 aliphatic rings. The molecular weight excluding hydrogens is 709 g/mol. The lowest BCUT2D eigenvalue weighted by molar-refractivity contribution is -0.159. The van der Waals surface area contributed by atoms with Gasteiger partial charge in [-0.05, 0) is 62.6 Å². The van der Waals surface area contributed by atoms with Crippen LogP contribution in [0.4, 0.5) is 0 Å². The molecule has 318 valence electrons. The first-order valence-electron chi connectivity index (χ1n) is 22.3. The number of ether oxygens (including phenoxy) is 4. The number of carbonyl (C=O) groups excluding carboxylic acids is 2. The molecule has 0 N–H and O–H groups in total. The lowest BCUT2D eigenvalue weighted by atomic mass is 10.1. The number of methoxy groups -OCH3 is 1. The summed E-state index contributed by atoms with van der Waals surface area (Å²) in [5, 5.41) is 0. The largest absolute Gasteiger partial charge is 0.497 e. The number of allylic oxidation sites excluding steroid dienone is 13. The van der Waals surface area contributed by atoms with Crippen molar-refractivity contribution in [3.05, 3.63) is 115 Å². The minimum Gasteiger partial charge on any atom is -0.497 e. The molecule has 0 radical (unpaired) electrons. The van der Waals surface area contributed by atoms with Crippen molar-refractivity contribution in [3.8, 4) is 5.75 Å². The van der Waals surface area contributed by atoms with E-state index in [1.54, 1.807) is 19.3 Å². The summed E-state index contributed by atoms with van der Waals surface area (Å²) in [6.45, 7) is 4.88. The minimum atomic E-state index is -0.726. The van der Waals surface area contributed by atoms with E-state index in [1.807, 2.05) is 66.8 Å². The second-order valence-electron chi connectivity index (χ2n) is 14.7. The molecular formula is C51H78O6. The molecule has 1 atom stereocenters. The van der Waals surface area contributed by atoms with Gasteiger partial charge < -0.3 is 18.9 Å². The van der Waals surface area contributed by atoms with E-state index in [0.717, 1.165) is 43.4 Å². The Morgan fingerprint density at radius 2 is 1.02 bits per heavy atom. The highest BCUT2D eigenvalue weighted by molar-refractivity contribution is 5.82. The van der Waals surface area contributed by atoms with Crippen LogP contribution in [-0.2, 0) is 30.4 Å². The van der Waals surface area contributed by atoms with Crippen molar-refractivity contribution < 1.29 is 28.5 Å². The average molecular weight is 787 g/mol. The van der Waals surface area contributed by atoms with Gasteiger partial charge in [-0.2, -0.15) is 0 Å². The van der Waals surface area contributed by atoms with Gasteiger partial charge in [-0.3, -0.25) is 4.79 Å². The molecule has 1 rings (SSSR count). The van der Waals surface area contributed by atoms with Crippen molar-refractivity contribution in [1.29, 1.82) is 0 Å². The number of esters is 2. The van der Waals surface area contributed by atoms with Gasteiger partial charge >= 0.3 is 11.9 Å². The van der Waals surface area contributed by atoms with Gasteiger partial charge in [-0.1, -0.05) is 195 Å². The lowest BCUT2D eigenvalue weighted by Gasteiger charge is -2.17.